The lowest BCUT2D eigenvalue weighted by atomic mass is 10.1. The average molecular weight is 287 g/mol. The monoisotopic (exact) mass is 287 g/mol. The standard InChI is InChI=1S/C17H21NOS/c1-14-2-8-17(9-3-14)20-13-12-19-16-6-4-15(5-7-16)10-11-18/h2-9H,10-13,18H2,1H3. The van der Waals surface area contributed by atoms with Crippen LogP contribution < -0.4 is 10.5 Å². The van der Waals surface area contributed by atoms with E-state index in [9.17, 15) is 0 Å². The molecule has 0 aromatic heterocycles. The van der Waals surface area contributed by atoms with Crippen LogP contribution in [0.5, 0.6) is 5.75 Å². The first-order valence-corrected chi connectivity index (χ1v) is 7.88. The maximum atomic E-state index is 5.73. The summed E-state index contributed by atoms with van der Waals surface area (Å²) in [5.74, 6) is 1.88. The van der Waals surface area contributed by atoms with Gasteiger partial charge in [-0.25, -0.2) is 0 Å². The van der Waals surface area contributed by atoms with Crippen LogP contribution in [-0.2, 0) is 6.42 Å². The van der Waals surface area contributed by atoms with Gasteiger partial charge in [0.25, 0.3) is 0 Å². The molecule has 2 N–H and O–H groups in total. The molecule has 0 saturated heterocycles. The van der Waals surface area contributed by atoms with E-state index in [1.807, 2.05) is 23.9 Å². The van der Waals surface area contributed by atoms with Crippen LogP contribution in [0.25, 0.3) is 0 Å². The van der Waals surface area contributed by atoms with Gasteiger partial charge in [-0.3, -0.25) is 0 Å². The van der Waals surface area contributed by atoms with E-state index in [1.165, 1.54) is 16.0 Å². The highest BCUT2D eigenvalue weighted by Gasteiger charge is 1.97. The highest BCUT2D eigenvalue weighted by molar-refractivity contribution is 7.99. The molecule has 106 valence electrons. The van der Waals surface area contributed by atoms with E-state index in [1.54, 1.807) is 0 Å². The zero-order valence-corrected chi connectivity index (χ0v) is 12.7. The van der Waals surface area contributed by atoms with Crippen LogP contribution in [0.3, 0.4) is 0 Å². The molecule has 0 atom stereocenters. The zero-order valence-electron chi connectivity index (χ0n) is 11.8. The predicted molar refractivity (Wildman–Crippen MR) is 86.6 cm³/mol. The number of hydrogen-bond donors (Lipinski definition) is 1. The molecule has 0 bridgehead atoms. The Bertz CT molecular complexity index is 508. The van der Waals surface area contributed by atoms with Gasteiger partial charge in [-0.15, -0.1) is 11.8 Å². The molecule has 0 saturated carbocycles. The molecule has 0 aliphatic heterocycles. The van der Waals surface area contributed by atoms with Gasteiger partial charge >= 0.3 is 0 Å². The first-order chi connectivity index (χ1) is 9.78. The Labute approximate surface area is 125 Å². The van der Waals surface area contributed by atoms with Crippen molar-refractivity contribution >= 4 is 11.8 Å². The molecule has 0 spiro atoms. The highest BCUT2D eigenvalue weighted by atomic mass is 32.2. The van der Waals surface area contributed by atoms with Crippen molar-refractivity contribution < 1.29 is 4.74 Å². The number of benzene rings is 2. The van der Waals surface area contributed by atoms with Crippen LogP contribution >= 0.6 is 11.8 Å². The molecular weight excluding hydrogens is 266 g/mol. The van der Waals surface area contributed by atoms with Gasteiger partial charge in [0.15, 0.2) is 0 Å². The lowest BCUT2D eigenvalue weighted by Crippen LogP contribution is -2.03. The Morgan fingerprint density at radius 1 is 1.00 bits per heavy atom. The number of ether oxygens (including phenoxy) is 1. The zero-order chi connectivity index (χ0) is 14.2. The fourth-order valence-corrected chi connectivity index (χ4v) is 2.60. The minimum Gasteiger partial charge on any atom is -0.493 e. The smallest absolute Gasteiger partial charge is 0.119 e. The van der Waals surface area contributed by atoms with Gasteiger partial charge in [-0.1, -0.05) is 29.8 Å². The number of nitrogens with two attached hydrogens (primary N) is 1. The number of thioether (sulfide) groups is 1. The van der Waals surface area contributed by atoms with Gasteiger partial charge in [0, 0.05) is 10.6 Å². The maximum Gasteiger partial charge on any atom is 0.119 e. The Kier molecular flexibility index (Phi) is 5.96. The van der Waals surface area contributed by atoms with Crippen molar-refractivity contribution in [1.29, 1.82) is 0 Å². The molecule has 0 amide bonds. The summed E-state index contributed by atoms with van der Waals surface area (Å²) in [5, 5.41) is 0. The first-order valence-electron chi connectivity index (χ1n) is 6.89. The van der Waals surface area contributed by atoms with Crippen molar-refractivity contribution in [3.63, 3.8) is 0 Å². The molecule has 0 aliphatic carbocycles. The lowest BCUT2D eigenvalue weighted by molar-refractivity contribution is 0.344. The Morgan fingerprint density at radius 3 is 2.35 bits per heavy atom. The third kappa shape index (κ3) is 4.91. The van der Waals surface area contributed by atoms with Gasteiger partial charge in [0.2, 0.25) is 0 Å². The molecule has 20 heavy (non-hydrogen) atoms. The quantitative estimate of drug-likeness (QED) is 0.623. The van der Waals surface area contributed by atoms with Crippen molar-refractivity contribution in [2.24, 2.45) is 5.73 Å². The molecule has 0 heterocycles. The summed E-state index contributed by atoms with van der Waals surface area (Å²) in [6.07, 6.45) is 0.920. The second-order valence-corrected chi connectivity index (χ2v) is 5.86. The Morgan fingerprint density at radius 2 is 1.70 bits per heavy atom. The molecule has 3 heteroatoms. The topological polar surface area (TPSA) is 35.2 Å². The third-order valence-electron chi connectivity index (χ3n) is 3.00. The van der Waals surface area contributed by atoms with E-state index in [-0.39, 0.29) is 0 Å². The highest BCUT2D eigenvalue weighted by Crippen LogP contribution is 2.19. The van der Waals surface area contributed by atoms with Crippen LogP contribution in [0.2, 0.25) is 0 Å². The molecular formula is C17H21NOS. The molecule has 2 rings (SSSR count). The van der Waals surface area contributed by atoms with Gasteiger partial charge in [0.05, 0.1) is 6.61 Å². The SMILES string of the molecule is Cc1ccc(SCCOc2ccc(CCN)cc2)cc1. The molecule has 2 aromatic carbocycles. The largest absolute Gasteiger partial charge is 0.493 e. The lowest BCUT2D eigenvalue weighted by Gasteiger charge is -2.07. The first kappa shape index (κ1) is 14.9. The molecule has 2 aromatic rings. The number of aryl methyl sites for hydroxylation is 1. The van der Waals surface area contributed by atoms with E-state index in [0.29, 0.717) is 6.54 Å². The fourth-order valence-electron chi connectivity index (χ4n) is 1.87. The molecule has 2 nitrogen and oxygen atoms in total. The second-order valence-electron chi connectivity index (χ2n) is 4.69. The van der Waals surface area contributed by atoms with Crippen LogP contribution in [0.15, 0.2) is 53.4 Å². The van der Waals surface area contributed by atoms with Gasteiger partial charge < -0.3 is 10.5 Å². The van der Waals surface area contributed by atoms with Crippen LogP contribution in [0, 0.1) is 6.92 Å². The van der Waals surface area contributed by atoms with E-state index in [0.717, 1.165) is 24.5 Å². The summed E-state index contributed by atoms with van der Waals surface area (Å²) in [6, 6.07) is 16.8. The van der Waals surface area contributed by atoms with Gasteiger partial charge in [-0.2, -0.15) is 0 Å². The molecule has 0 fully saturated rings. The van der Waals surface area contributed by atoms with Crippen molar-refractivity contribution in [1.82, 2.24) is 0 Å². The normalized spacial score (nSPS) is 10.5. The minimum absolute atomic E-state index is 0.688. The molecule has 0 unspecified atom stereocenters. The van der Waals surface area contributed by atoms with Gasteiger partial charge in [-0.05, 0) is 49.7 Å². The maximum absolute atomic E-state index is 5.73. The summed E-state index contributed by atoms with van der Waals surface area (Å²) in [5.41, 5.74) is 8.08. The van der Waals surface area contributed by atoms with E-state index in [2.05, 4.69) is 43.3 Å². The fraction of sp³-hybridized carbons (Fsp3) is 0.294. The van der Waals surface area contributed by atoms with Crippen molar-refractivity contribution in [3.8, 4) is 5.75 Å². The second kappa shape index (κ2) is 7.98. The third-order valence-corrected chi connectivity index (χ3v) is 3.97. The predicted octanol–water partition coefficient (Wildman–Crippen LogP) is 3.67. The summed E-state index contributed by atoms with van der Waals surface area (Å²) >= 11 is 1.82. The van der Waals surface area contributed by atoms with E-state index < -0.39 is 0 Å². The van der Waals surface area contributed by atoms with Crippen LogP contribution in [-0.4, -0.2) is 18.9 Å². The Balaban J connectivity index is 1.71. The molecule has 0 aliphatic rings. The van der Waals surface area contributed by atoms with E-state index in [4.69, 9.17) is 10.5 Å². The summed E-state index contributed by atoms with van der Waals surface area (Å²) in [6.45, 7) is 3.51. The minimum atomic E-state index is 0.688. The van der Waals surface area contributed by atoms with Crippen molar-refractivity contribution in [2.45, 2.75) is 18.2 Å². The number of rotatable bonds is 7. The van der Waals surface area contributed by atoms with Gasteiger partial charge in [0.1, 0.15) is 5.75 Å². The van der Waals surface area contributed by atoms with Crippen LogP contribution in [0.4, 0.5) is 0 Å². The average Bonchev–Trinajstić information content (AvgIpc) is 2.47. The summed E-state index contributed by atoms with van der Waals surface area (Å²) < 4.78 is 5.73. The van der Waals surface area contributed by atoms with Crippen LogP contribution in [0.1, 0.15) is 11.1 Å². The van der Waals surface area contributed by atoms with Crippen molar-refractivity contribution in [3.05, 3.63) is 59.7 Å². The Hall–Kier alpha value is -1.45. The summed E-state index contributed by atoms with van der Waals surface area (Å²) in [7, 11) is 0. The van der Waals surface area contributed by atoms with Crippen molar-refractivity contribution in [2.75, 3.05) is 18.9 Å². The summed E-state index contributed by atoms with van der Waals surface area (Å²) in [4.78, 5) is 1.29. The number of hydrogen-bond acceptors (Lipinski definition) is 3. The molecule has 0 radical (unpaired) electrons. The van der Waals surface area contributed by atoms with E-state index >= 15 is 0 Å².